The Morgan fingerprint density at radius 2 is 2.19 bits per heavy atom. The van der Waals surface area contributed by atoms with Crippen LogP contribution < -0.4 is 10.6 Å². The Kier molecular flexibility index (Phi) is 9.86. The minimum absolute atomic E-state index is 0.487. The van der Waals surface area contributed by atoms with Gasteiger partial charge in [-0.15, -0.1) is 11.3 Å². The first-order valence-corrected chi connectivity index (χ1v) is 8.20. The van der Waals surface area contributed by atoms with Gasteiger partial charge in [0.2, 0.25) is 0 Å². The summed E-state index contributed by atoms with van der Waals surface area (Å²) in [5.74, 6) is 1.33. The molecule has 1 rings (SSSR count). The van der Waals surface area contributed by atoms with Crippen molar-refractivity contribution >= 4 is 17.3 Å². The second-order valence-corrected chi connectivity index (χ2v) is 5.73. The van der Waals surface area contributed by atoms with Crippen LogP contribution in [0.1, 0.15) is 24.1 Å². The molecule has 0 saturated carbocycles. The zero-order chi connectivity index (χ0) is 15.3. The quantitative estimate of drug-likeness (QED) is 0.394. The van der Waals surface area contributed by atoms with Gasteiger partial charge in [0, 0.05) is 44.6 Å². The molecule has 0 aliphatic rings. The smallest absolute Gasteiger partial charge is 0.190 e. The molecule has 120 valence electrons. The summed E-state index contributed by atoms with van der Waals surface area (Å²) in [6.45, 7) is 5.98. The maximum atomic E-state index is 5.41. The number of ether oxygens (including phenoxy) is 2. The van der Waals surface area contributed by atoms with E-state index >= 15 is 0 Å². The lowest BCUT2D eigenvalue weighted by atomic mass is 10.1. The molecule has 0 spiro atoms. The molecule has 2 N–H and O–H groups in total. The Hall–Kier alpha value is -1.11. The van der Waals surface area contributed by atoms with Crippen LogP contribution in [0.5, 0.6) is 0 Å². The number of nitrogens with zero attached hydrogens (tertiary/aromatic N) is 1. The van der Waals surface area contributed by atoms with E-state index in [0.717, 1.165) is 32.1 Å². The second kappa shape index (κ2) is 11.5. The van der Waals surface area contributed by atoms with Crippen molar-refractivity contribution in [1.29, 1.82) is 0 Å². The Morgan fingerprint density at radius 1 is 1.33 bits per heavy atom. The van der Waals surface area contributed by atoms with E-state index in [-0.39, 0.29) is 0 Å². The lowest BCUT2D eigenvalue weighted by molar-refractivity contribution is 0.0698. The van der Waals surface area contributed by atoms with Crippen molar-refractivity contribution in [1.82, 2.24) is 10.6 Å². The first-order chi connectivity index (χ1) is 10.3. The molecule has 0 fully saturated rings. The maximum Gasteiger partial charge on any atom is 0.190 e. The minimum Gasteiger partial charge on any atom is -0.382 e. The highest BCUT2D eigenvalue weighted by Crippen LogP contribution is 2.19. The minimum atomic E-state index is 0.487. The Morgan fingerprint density at radius 3 is 2.86 bits per heavy atom. The van der Waals surface area contributed by atoms with Crippen LogP contribution in [-0.4, -0.2) is 53.0 Å². The summed E-state index contributed by atoms with van der Waals surface area (Å²) in [6, 6.07) is 4.26. The number of guanidine groups is 1. The van der Waals surface area contributed by atoms with E-state index in [2.05, 4.69) is 40.1 Å². The highest BCUT2D eigenvalue weighted by atomic mass is 32.1. The number of thiophene rings is 1. The molecule has 1 atom stereocenters. The highest BCUT2D eigenvalue weighted by molar-refractivity contribution is 7.10. The molecule has 0 amide bonds. The third kappa shape index (κ3) is 8.04. The molecule has 1 aromatic heterocycles. The third-order valence-corrected chi connectivity index (χ3v) is 4.12. The van der Waals surface area contributed by atoms with Gasteiger partial charge in [0.15, 0.2) is 5.96 Å². The van der Waals surface area contributed by atoms with Crippen LogP contribution in [0.4, 0.5) is 0 Å². The van der Waals surface area contributed by atoms with E-state index in [1.807, 2.05) is 0 Å². The predicted molar refractivity (Wildman–Crippen MR) is 89.4 cm³/mol. The second-order valence-electron chi connectivity index (χ2n) is 4.76. The summed E-state index contributed by atoms with van der Waals surface area (Å²) in [4.78, 5) is 5.62. The van der Waals surface area contributed by atoms with Gasteiger partial charge in [-0.25, -0.2) is 0 Å². The van der Waals surface area contributed by atoms with Crippen molar-refractivity contribution in [2.24, 2.45) is 4.99 Å². The molecule has 1 unspecified atom stereocenters. The summed E-state index contributed by atoms with van der Waals surface area (Å²) in [5, 5.41) is 8.76. The van der Waals surface area contributed by atoms with Crippen LogP contribution in [0.2, 0.25) is 0 Å². The fraction of sp³-hybridized carbons (Fsp3) is 0.667. The molecule has 21 heavy (non-hydrogen) atoms. The standard InChI is InChI=1S/C15H27N3O2S/c1-13(14-6-4-11-21-14)12-18-15(16-2)17-7-5-8-20-10-9-19-3/h4,6,11,13H,5,7-10,12H2,1-3H3,(H2,16,17,18). The summed E-state index contributed by atoms with van der Waals surface area (Å²) in [6.07, 6.45) is 0.949. The molecule has 0 aliphatic carbocycles. The van der Waals surface area contributed by atoms with Crippen molar-refractivity contribution < 1.29 is 9.47 Å². The summed E-state index contributed by atoms with van der Waals surface area (Å²) < 4.78 is 10.3. The molecular formula is C15H27N3O2S. The van der Waals surface area contributed by atoms with Gasteiger partial charge in [-0.3, -0.25) is 4.99 Å². The summed E-state index contributed by atoms with van der Waals surface area (Å²) >= 11 is 1.79. The zero-order valence-corrected chi connectivity index (χ0v) is 14.0. The van der Waals surface area contributed by atoms with Crippen molar-refractivity contribution in [3.8, 4) is 0 Å². The average Bonchev–Trinajstić information content (AvgIpc) is 3.03. The largest absolute Gasteiger partial charge is 0.382 e. The van der Waals surface area contributed by atoms with Gasteiger partial charge in [-0.2, -0.15) is 0 Å². The van der Waals surface area contributed by atoms with Crippen LogP contribution in [0, 0.1) is 0 Å². The summed E-state index contributed by atoms with van der Waals surface area (Å²) in [5.41, 5.74) is 0. The van der Waals surface area contributed by atoms with Crippen molar-refractivity contribution in [2.75, 3.05) is 47.1 Å². The number of aliphatic imine (C=N–C) groups is 1. The SMILES string of the molecule is CN=C(NCCCOCCOC)NCC(C)c1cccs1. The van der Waals surface area contributed by atoms with Crippen LogP contribution in [0.15, 0.2) is 22.5 Å². The summed E-state index contributed by atoms with van der Waals surface area (Å²) in [7, 11) is 3.47. The van der Waals surface area contributed by atoms with Crippen molar-refractivity contribution in [3.63, 3.8) is 0 Å². The molecule has 0 bridgehead atoms. The van der Waals surface area contributed by atoms with E-state index in [9.17, 15) is 0 Å². The van der Waals surface area contributed by atoms with E-state index in [4.69, 9.17) is 9.47 Å². The van der Waals surface area contributed by atoms with E-state index in [1.54, 1.807) is 25.5 Å². The molecule has 1 heterocycles. The van der Waals surface area contributed by atoms with Crippen molar-refractivity contribution in [2.45, 2.75) is 19.3 Å². The molecule has 1 aromatic rings. The number of nitrogens with one attached hydrogen (secondary N) is 2. The Bertz CT molecular complexity index is 382. The number of hydrogen-bond donors (Lipinski definition) is 2. The van der Waals surface area contributed by atoms with Crippen LogP contribution >= 0.6 is 11.3 Å². The van der Waals surface area contributed by atoms with Gasteiger partial charge >= 0.3 is 0 Å². The van der Waals surface area contributed by atoms with Crippen molar-refractivity contribution in [3.05, 3.63) is 22.4 Å². The van der Waals surface area contributed by atoms with Crippen LogP contribution in [0.3, 0.4) is 0 Å². The van der Waals surface area contributed by atoms with Gasteiger partial charge in [0.05, 0.1) is 13.2 Å². The van der Waals surface area contributed by atoms with Crippen LogP contribution in [0.25, 0.3) is 0 Å². The Balaban J connectivity index is 2.09. The molecule has 6 heteroatoms. The molecule has 0 saturated heterocycles. The predicted octanol–water partition coefficient (Wildman–Crippen LogP) is 2.07. The van der Waals surface area contributed by atoms with Crippen LogP contribution in [-0.2, 0) is 9.47 Å². The molecule has 0 radical (unpaired) electrons. The van der Waals surface area contributed by atoms with Gasteiger partial charge in [-0.05, 0) is 17.9 Å². The first-order valence-electron chi connectivity index (χ1n) is 7.32. The van der Waals surface area contributed by atoms with Gasteiger partial charge in [0.1, 0.15) is 0 Å². The highest BCUT2D eigenvalue weighted by Gasteiger charge is 2.07. The third-order valence-electron chi connectivity index (χ3n) is 3.02. The van der Waals surface area contributed by atoms with Gasteiger partial charge in [0.25, 0.3) is 0 Å². The normalized spacial score (nSPS) is 13.2. The Labute approximate surface area is 131 Å². The van der Waals surface area contributed by atoms with E-state index in [1.165, 1.54) is 4.88 Å². The maximum absolute atomic E-state index is 5.41. The number of methoxy groups -OCH3 is 1. The topological polar surface area (TPSA) is 54.9 Å². The average molecular weight is 313 g/mol. The lowest BCUT2D eigenvalue weighted by Gasteiger charge is -2.15. The first kappa shape index (κ1) is 17.9. The molecule has 5 nitrogen and oxygen atoms in total. The number of rotatable bonds is 10. The van der Waals surface area contributed by atoms with Gasteiger partial charge in [-0.1, -0.05) is 13.0 Å². The lowest BCUT2D eigenvalue weighted by Crippen LogP contribution is -2.39. The number of hydrogen-bond acceptors (Lipinski definition) is 4. The monoisotopic (exact) mass is 313 g/mol. The van der Waals surface area contributed by atoms with E-state index in [0.29, 0.717) is 19.1 Å². The molecule has 0 aromatic carbocycles. The van der Waals surface area contributed by atoms with E-state index < -0.39 is 0 Å². The zero-order valence-electron chi connectivity index (χ0n) is 13.2. The fourth-order valence-electron chi connectivity index (χ4n) is 1.77. The van der Waals surface area contributed by atoms with Gasteiger partial charge < -0.3 is 20.1 Å². The molecular weight excluding hydrogens is 286 g/mol. The molecule has 0 aliphatic heterocycles. The fourth-order valence-corrected chi connectivity index (χ4v) is 2.56.